The lowest BCUT2D eigenvalue weighted by atomic mass is 10.0. The maximum atomic E-state index is 4.55. The van der Waals surface area contributed by atoms with E-state index in [1.54, 1.807) is 0 Å². The van der Waals surface area contributed by atoms with Crippen molar-refractivity contribution in [3.05, 3.63) is 73.2 Å². The summed E-state index contributed by atoms with van der Waals surface area (Å²) in [7, 11) is 0. The van der Waals surface area contributed by atoms with Gasteiger partial charge in [-0.1, -0.05) is 24.3 Å². The van der Waals surface area contributed by atoms with Crippen LogP contribution in [0, 0.1) is 6.07 Å². The van der Waals surface area contributed by atoms with Gasteiger partial charge in [0.05, 0.1) is 5.69 Å². The number of pyridine rings is 2. The molecule has 2 aromatic carbocycles. The van der Waals surface area contributed by atoms with Crippen molar-refractivity contribution in [3.8, 4) is 11.3 Å². The number of aromatic nitrogens is 2. The molecule has 0 aliphatic rings. The maximum Gasteiger partial charge on any atom is 0.0780 e. The van der Waals surface area contributed by atoms with Gasteiger partial charge in [0, 0.05) is 34.9 Å². The predicted molar refractivity (Wildman–Crippen MR) is 81.3 cm³/mol. The summed E-state index contributed by atoms with van der Waals surface area (Å²) in [5.74, 6) is 0. The van der Waals surface area contributed by atoms with Crippen molar-refractivity contribution in [1.29, 1.82) is 0 Å². The van der Waals surface area contributed by atoms with Crippen LogP contribution in [0.2, 0.25) is 0 Å². The summed E-state index contributed by atoms with van der Waals surface area (Å²) in [6.07, 6.45) is 5.55. The van der Waals surface area contributed by atoms with Gasteiger partial charge in [-0.25, -0.2) is 0 Å². The Balaban J connectivity index is 2.01. The zero-order chi connectivity index (χ0) is 13.4. The molecule has 0 saturated heterocycles. The van der Waals surface area contributed by atoms with Crippen LogP contribution in [0.15, 0.2) is 67.1 Å². The molecule has 93 valence electrons. The molecule has 2 nitrogen and oxygen atoms in total. The molecule has 0 saturated carbocycles. The van der Waals surface area contributed by atoms with Crippen LogP contribution in [-0.4, -0.2) is 9.97 Å². The lowest BCUT2D eigenvalue weighted by Crippen LogP contribution is -1.86. The van der Waals surface area contributed by atoms with Crippen molar-refractivity contribution < 1.29 is 0 Å². The van der Waals surface area contributed by atoms with Crippen molar-refractivity contribution in [2.75, 3.05) is 0 Å². The van der Waals surface area contributed by atoms with E-state index in [1.165, 1.54) is 10.8 Å². The Kier molecular flexibility index (Phi) is 2.46. The molecule has 4 rings (SSSR count). The van der Waals surface area contributed by atoms with Gasteiger partial charge in [0.1, 0.15) is 0 Å². The Hall–Kier alpha value is -2.74. The number of nitrogens with zero attached hydrogens (tertiary/aromatic N) is 2. The molecule has 0 amide bonds. The van der Waals surface area contributed by atoms with E-state index < -0.39 is 0 Å². The van der Waals surface area contributed by atoms with E-state index in [1.807, 2.05) is 42.9 Å². The first-order valence-corrected chi connectivity index (χ1v) is 6.51. The lowest BCUT2D eigenvalue weighted by molar-refractivity contribution is 1.35. The number of rotatable bonds is 1. The van der Waals surface area contributed by atoms with Gasteiger partial charge in [-0.15, -0.1) is 0 Å². The number of fused-ring (bicyclic) bond motifs is 2. The maximum absolute atomic E-state index is 4.55. The van der Waals surface area contributed by atoms with Crippen LogP contribution in [0.25, 0.3) is 32.8 Å². The van der Waals surface area contributed by atoms with Crippen LogP contribution < -0.4 is 0 Å². The Labute approximate surface area is 116 Å². The van der Waals surface area contributed by atoms with E-state index in [0.717, 1.165) is 22.0 Å². The van der Waals surface area contributed by atoms with E-state index in [-0.39, 0.29) is 0 Å². The van der Waals surface area contributed by atoms with Gasteiger partial charge in [0.25, 0.3) is 0 Å². The fraction of sp³-hybridized carbons (Fsp3) is 0. The Morgan fingerprint density at radius 2 is 1.80 bits per heavy atom. The summed E-state index contributed by atoms with van der Waals surface area (Å²) in [6.45, 7) is 0. The summed E-state index contributed by atoms with van der Waals surface area (Å²) >= 11 is 0. The molecular formula is C18H11N2. The number of benzene rings is 2. The van der Waals surface area contributed by atoms with Gasteiger partial charge < -0.3 is 0 Å². The summed E-state index contributed by atoms with van der Waals surface area (Å²) in [5, 5.41) is 4.63. The molecule has 2 heterocycles. The summed E-state index contributed by atoms with van der Waals surface area (Å²) < 4.78 is 0. The third-order valence-electron chi connectivity index (χ3n) is 3.52. The van der Waals surface area contributed by atoms with E-state index in [2.05, 4.69) is 40.3 Å². The van der Waals surface area contributed by atoms with Gasteiger partial charge in [-0.3, -0.25) is 9.97 Å². The van der Waals surface area contributed by atoms with Crippen LogP contribution in [-0.2, 0) is 0 Å². The summed E-state index contributed by atoms with van der Waals surface area (Å²) in [6, 6.07) is 19.5. The van der Waals surface area contributed by atoms with Crippen molar-refractivity contribution in [2.45, 2.75) is 0 Å². The van der Waals surface area contributed by atoms with Crippen LogP contribution >= 0.6 is 0 Å². The first-order valence-electron chi connectivity index (χ1n) is 6.51. The molecule has 2 heteroatoms. The van der Waals surface area contributed by atoms with E-state index in [0.29, 0.717) is 0 Å². The number of hydrogen-bond donors (Lipinski definition) is 0. The minimum absolute atomic E-state index is 0.998. The highest BCUT2D eigenvalue weighted by Crippen LogP contribution is 2.28. The van der Waals surface area contributed by atoms with Gasteiger partial charge in [0.2, 0.25) is 0 Å². The second kappa shape index (κ2) is 4.42. The van der Waals surface area contributed by atoms with Crippen LogP contribution in [0.3, 0.4) is 0 Å². The molecule has 0 bridgehead atoms. The van der Waals surface area contributed by atoms with Crippen LogP contribution in [0.4, 0.5) is 0 Å². The van der Waals surface area contributed by atoms with E-state index in [4.69, 9.17) is 0 Å². The summed E-state index contributed by atoms with van der Waals surface area (Å²) in [5.41, 5.74) is 2.12. The third-order valence-corrected chi connectivity index (χ3v) is 3.52. The largest absolute Gasteiger partial charge is 0.264 e. The molecule has 4 aromatic rings. The SMILES string of the molecule is [c]1ccc2ccnc(-c3ccc4cnccc4c3)c2c1. The molecule has 2 aromatic heterocycles. The zero-order valence-electron chi connectivity index (χ0n) is 10.7. The zero-order valence-corrected chi connectivity index (χ0v) is 10.7. The van der Waals surface area contributed by atoms with Gasteiger partial charge in [-0.2, -0.15) is 0 Å². The predicted octanol–water partition coefficient (Wildman–Crippen LogP) is 4.25. The minimum atomic E-state index is 0.998. The van der Waals surface area contributed by atoms with Crippen molar-refractivity contribution in [1.82, 2.24) is 9.97 Å². The molecule has 0 fully saturated rings. The molecule has 0 spiro atoms. The van der Waals surface area contributed by atoms with Crippen LogP contribution in [0.1, 0.15) is 0 Å². The molecule has 1 radical (unpaired) electrons. The van der Waals surface area contributed by atoms with Gasteiger partial charge >= 0.3 is 0 Å². The highest BCUT2D eigenvalue weighted by Gasteiger charge is 2.05. The fourth-order valence-electron chi connectivity index (χ4n) is 2.52. The Morgan fingerprint density at radius 3 is 2.80 bits per heavy atom. The second-order valence-electron chi connectivity index (χ2n) is 4.74. The fourth-order valence-corrected chi connectivity index (χ4v) is 2.52. The van der Waals surface area contributed by atoms with E-state index >= 15 is 0 Å². The average molecular weight is 255 g/mol. The topological polar surface area (TPSA) is 25.8 Å². The van der Waals surface area contributed by atoms with E-state index in [9.17, 15) is 0 Å². The normalized spacial score (nSPS) is 11.0. The summed E-state index contributed by atoms with van der Waals surface area (Å²) in [4.78, 5) is 8.69. The second-order valence-corrected chi connectivity index (χ2v) is 4.74. The monoisotopic (exact) mass is 255 g/mol. The molecule has 20 heavy (non-hydrogen) atoms. The molecule has 0 atom stereocenters. The van der Waals surface area contributed by atoms with Crippen molar-refractivity contribution in [2.24, 2.45) is 0 Å². The first kappa shape index (κ1) is 11.1. The highest BCUT2D eigenvalue weighted by molar-refractivity contribution is 5.96. The first-order chi connectivity index (χ1) is 9.92. The molecular weight excluding hydrogens is 244 g/mol. The third kappa shape index (κ3) is 1.74. The lowest BCUT2D eigenvalue weighted by Gasteiger charge is -2.06. The number of hydrogen-bond acceptors (Lipinski definition) is 2. The van der Waals surface area contributed by atoms with Crippen LogP contribution in [0.5, 0.6) is 0 Å². The van der Waals surface area contributed by atoms with Crippen molar-refractivity contribution >= 4 is 21.5 Å². The molecule has 0 unspecified atom stereocenters. The smallest absolute Gasteiger partial charge is 0.0780 e. The van der Waals surface area contributed by atoms with Crippen molar-refractivity contribution in [3.63, 3.8) is 0 Å². The Bertz CT molecular complexity index is 908. The Morgan fingerprint density at radius 1 is 0.850 bits per heavy atom. The highest BCUT2D eigenvalue weighted by atomic mass is 14.7. The minimum Gasteiger partial charge on any atom is -0.264 e. The quantitative estimate of drug-likeness (QED) is 0.508. The van der Waals surface area contributed by atoms with Gasteiger partial charge in [0.15, 0.2) is 0 Å². The van der Waals surface area contributed by atoms with Gasteiger partial charge in [-0.05, 0) is 41.1 Å². The molecule has 0 aliphatic carbocycles. The molecule has 0 aliphatic heterocycles. The standard InChI is InChI=1S/C18H11N2/c1-2-4-17-13(3-1)8-10-20-18(17)15-5-6-16-12-19-9-7-14(16)11-15/h1,3-12H. The average Bonchev–Trinajstić information content (AvgIpc) is 2.54. The molecule has 0 N–H and O–H groups in total.